The lowest BCUT2D eigenvalue weighted by Crippen LogP contribution is -2.46. The molecule has 174 valence electrons. The molecule has 2 N–H and O–H groups in total. The van der Waals surface area contributed by atoms with Crippen molar-refractivity contribution >= 4 is 11.6 Å². The fourth-order valence-electron chi connectivity index (χ4n) is 3.76. The van der Waals surface area contributed by atoms with Gasteiger partial charge in [-0.15, -0.1) is 0 Å². The number of nitriles is 1. The summed E-state index contributed by atoms with van der Waals surface area (Å²) >= 11 is 0. The summed E-state index contributed by atoms with van der Waals surface area (Å²) in [4.78, 5) is 21.4. The molecule has 0 saturated carbocycles. The minimum absolute atomic E-state index is 0.179. The number of pyridine rings is 2. The zero-order valence-electron chi connectivity index (χ0n) is 19.5. The molecular formula is C26H26N4O4. The Hall–Kier alpha value is -3.80. The Morgan fingerprint density at radius 2 is 2.00 bits per heavy atom. The van der Waals surface area contributed by atoms with Crippen molar-refractivity contribution in [3.63, 3.8) is 0 Å². The summed E-state index contributed by atoms with van der Waals surface area (Å²) in [6, 6.07) is 13.0. The monoisotopic (exact) mass is 458 g/mol. The second-order valence-electron chi connectivity index (χ2n) is 8.96. The third-order valence-corrected chi connectivity index (χ3v) is 6.03. The lowest BCUT2D eigenvalue weighted by molar-refractivity contribution is -0.185. The molecule has 0 bridgehead atoms. The Bertz CT molecular complexity index is 1290. The number of aromatic nitrogens is 2. The van der Waals surface area contributed by atoms with Crippen LogP contribution in [0.3, 0.4) is 0 Å². The fourth-order valence-corrected chi connectivity index (χ4v) is 3.76. The molecule has 0 aliphatic carbocycles. The summed E-state index contributed by atoms with van der Waals surface area (Å²) in [7, 11) is 1.51. The first kappa shape index (κ1) is 23.4. The number of nitrogens with zero attached hydrogens (tertiary/aromatic N) is 3. The first-order chi connectivity index (χ1) is 16.2. The van der Waals surface area contributed by atoms with Crippen molar-refractivity contribution in [1.82, 2.24) is 9.97 Å². The molecule has 1 aromatic carbocycles. The van der Waals surface area contributed by atoms with Crippen molar-refractivity contribution in [3.8, 4) is 23.1 Å². The zero-order valence-corrected chi connectivity index (χ0v) is 19.5. The molecule has 1 aliphatic heterocycles. The van der Waals surface area contributed by atoms with Crippen LogP contribution in [-0.4, -0.2) is 41.3 Å². The van der Waals surface area contributed by atoms with Crippen LogP contribution >= 0.6 is 0 Å². The first-order valence-corrected chi connectivity index (χ1v) is 10.8. The SMILES string of the molecule is COc1ncc(-c2cc(NC(=O)c3cc(C(C)(C)C#N)ccn3)ccc2C)cc1C1(O)COC1. The second-order valence-corrected chi connectivity index (χ2v) is 8.96. The molecule has 0 spiro atoms. The van der Waals surface area contributed by atoms with Gasteiger partial charge in [-0.1, -0.05) is 6.07 Å². The number of anilines is 1. The second kappa shape index (κ2) is 8.86. The molecule has 1 amide bonds. The predicted octanol–water partition coefficient (Wildman–Crippen LogP) is 3.73. The number of aryl methyl sites for hydroxylation is 1. The Kier molecular flexibility index (Phi) is 6.09. The molecule has 4 rings (SSSR count). The van der Waals surface area contributed by atoms with Gasteiger partial charge in [-0.05, 0) is 67.8 Å². The van der Waals surface area contributed by atoms with Gasteiger partial charge >= 0.3 is 0 Å². The first-order valence-electron chi connectivity index (χ1n) is 10.8. The molecule has 8 nitrogen and oxygen atoms in total. The van der Waals surface area contributed by atoms with E-state index in [2.05, 4.69) is 21.4 Å². The van der Waals surface area contributed by atoms with E-state index in [1.54, 1.807) is 32.2 Å². The highest BCUT2D eigenvalue weighted by atomic mass is 16.5. The summed E-state index contributed by atoms with van der Waals surface area (Å²) in [6.07, 6.45) is 3.21. The van der Waals surface area contributed by atoms with Crippen LogP contribution in [0.4, 0.5) is 5.69 Å². The molecule has 0 radical (unpaired) electrons. The van der Waals surface area contributed by atoms with E-state index >= 15 is 0 Å². The molecule has 1 saturated heterocycles. The van der Waals surface area contributed by atoms with Crippen molar-refractivity contribution < 1.29 is 19.4 Å². The van der Waals surface area contributed by atoms with Gasteiger partial charge in [-0.25, -0.2) is 4.98 Å². The number of benzene rings is 1. The average molecular weight is 459 g/mol. The number of hydrogen-bond acceptors (Lipinski definition) is 7. The number of ether oxygens (including phenoxy) is 2. The van der Waals surface area contributed by atoms with Crippen molar-refractivity contribution in [2.45, 2.75) is 31.8 Å². The maximum absolute atomic E-state index is 12.9. The van der Waals surface area contributed by atoms with Gasteiger partial charge in [-0.2, -0.15) is 5.26 Å². The Labute approximate surface area is 198 Å². The summed E-state index contributed by atoms with van der Waals surface area (Å²) in [5.74, 6) is -0.0252. The molecule has 1 aliphatic rings. The Morgan fingerprint density at radius 1 is 1.24 bits per heavy atom. The number of hydrogen-bond donors (Lipinski definition) is 2. The smallest absolute Gasteiger partial charge is 0.274 e. The average Bonchev–Trinajstić information content (AvgIpc) is 2.83. The highest BCUT2D eigenvalue weighted by Gasteiger charge is 2.41. The van der Waals surface area contributed by atoms with E-state index in [9.17, 15) is 15.2 Å². The number of aliphatic hydroxyl groups is 1. The summed E-state index contributed by atoms with van der Waals surface area (Å²) < 4.78 is 10.5. The van der Waals surface area contributed by atoms with E-state index in [4.69, 9.17) is 9.47 Å². The third-order valence-electron chi connectivity index (χ3n) is 6.03. The molecule has 0 unspecified atom stereocenters. The van der Waals surface area contributed by atoms with Gasteiger partial charge in [0, 0.05) is 23.6 Å². The molecule has 1 fully saturated rings. The minimum Gasteiger partial charge on any atom is -0.481 e. The lowest BCUT2D eigenvalue weighted by Gasteiger charge is -2.37. The number of carbonyl (C=O) groups excluding carboxylic acids is 1. The number of methoxy groups -OCH3 is 1. The number of nitrogens with one attached hydrogen (secondary N) is 1. The van der Waals surface area contributed by atoms with E-state index in [-0.39, 0.29) is 24.8 Å². The van der Waals surface area contributed by atoms with E-state index in [0.717, 1.165) is 22.3 Å². The van der Waals surface area contributed by atoms with Crippen molar-refractivity contribution in [3.05, 3.63) is 71.2 Å². The molecular weight excluding hydrogens is 432 g/mol. The summed E-state index contributed by atoms with van der Waals surface area (Å²) in [6.45, 7) is 5.90. The minimum atomic E-state index is -1.14. The van der Waals surface area contributed by atoms with Gasteiger partial charge in [0.1, 0.15) is 11.3 Å². The van der Waals surface area contributed by atoms with Crippen LogP contribution in [0.2, 0.25) is 0 Å². The molecule has 2 aromatic heterocycles. The van der Waals surface area contributed by atoms with Crippen LogP contribution < -0.4 is 10.1 Å². The summed E-state index contributed by atoms with van der Waals surface area (Å²) in [5, 5.41) is 23.1. The van der Waals surface area contributed by atoms with Crippen LogP contribution in [0.1, 0.15) is 41.0 Å². The molecule has 8 heteroatoms. The summed E-state index contributed by atoms with van der Waals surface area (Å²) in [5.41, 5.74) is 2.83. The van der Waals surface area contributed by atoms with Gasteiger partial charge in [0.15, 0.2) is 0 Å². The Balaban J connectivity index is 1.64. The van der Waals surface area contributed by atoms with E-state index in [1.807, 2.05) is 31.2 Å². The van der Waals surface area contributed by atoms with Gasteiger partial charge in [-0.3, -0.25) is 9.78 Å². The topological polar surface area (TPSA) is 117 Å². The zero-order chi connectivity index (χ0) is 24.5. The van der Waals surface area contributed by atoms with Crippen LogP contribution in [0.15, 0.2) is 48.8 Å². The number of rotatable bonds is 6. The number of carbonyl (C=O) groups is 1. The maximum atomic E-state index is 12.9. The molecule has 0 atom stereocenters. The van der Waals surface area contributed by atoms with Gasteiger partial charge in [0.2, 0.25) is 5.88 Å². The van der Waals surface area contributed by atoms with Crippen molar-refractivity contribution in [2.75, 3.05) is 25.6 Å². The maximum Gasteiger partial charge on any atom is 0.274 e. The molecule has 3 aromatic rings. The molecule has 3 heterocycles. The van der Waals surface area contributed by atoms with Gasteiger partial charge in [0.25, 0.3) is 5.91 Å². The van der Waals surface area contributed by atoms with Crippen molar-refractivity contribution in [2.24, 2.45) is 0 Å². The quantitative estimate of drug-likeness (QED) is 0.578. The predicted molar refractivity (Wildman–Crippen MR) is 127 cm³/mol. The van der Waals surface area contributed by atoms with E-state index < -0.39 is 11.0 Å². The van der Waals surface area contributed by atoms with Crippen molar-refractivity contribution in [1.29, 1.82) is 5.26 Å². The fraction of sp³-hybridized carbons (Fsp3) is 0.308. The Morgan fingerprint density at radius 3 is 2.65 bits per heavy atom. The lowest BCUT2D eigenvalue weighted by atomic mass is 9.86. The normalized spacial score (nSPS) is 14.6. The molecule has 34 heavy (non-hydrogen) atoms. The highest BCUT2D eigenvalue weighted by Crippen LogP contribution is 2.38. The van der Waals surface area contributed by atoms with Crippen LogP contribution in [0.5, 0.6) is 5.88 Å². The number of amides is 1. The van der Waals surface area contributed by atoms with Gasteiger partial charge in [0.05, 0.1) is 37.4 Å². The van der Waals surface area contributed by atoms with Gasteiger partial charge < -0.3 is 19.9 Å². The van der Waals surface area contributed by atoms with E-state index in [0.29, 0.717) is 17.1 Å². The standard InChI is InChI=1S/C26H26N4O4/c1-16-5-6-19(30-23(31)22-10-18(7-8-28-22)25(2,3)13-27)11-20(16)17-9-21(24(33-4)29-12-17)26(32)14-34-15-26/h5-12,32H,14-15H2,1-4H3,(H,30,31). The van der Waals surface area contributed by atoms with Crippen LogP contribution in [0, 0.1) is 18.3 Å². The highest BCUT2D eigenvalue weighted by molar-refractivity contribution is 6.03. The largest absolute Gasteiger partial charge is 0.481 e. The van der Waals surface area contributed by atoms with Crippen LogP contribution in [0.25, 0.3) is 11.1 Å². The van der Waals surface area contributed by atoms with E-state index in [1.165, 1.54) is 13.3 Å². The third kappa shape index (κ3) is 4.36. The van der Waals surface area contributed by atoms with Crippen LogP contribution in [-0.2, 0) is 15.8 Å².